The van der Waals surface area contributed by atoms with Crippen molar-refractivity contribution in [3.8, 4) is 0 Å². The second-order valence-electron chi connectivity index (χ2n) is 5.70. The Kier molecular flexibility index (Phi) is 4.76. The number of hydrogen-bond acceptors (Lipinski definition) is 3. The Balaban J connectivity index is 0.00000162. The number of aromatic nitrogens is 2. The number of nitrogens with zero attached hydrogens (tertiary/aromatic N) is 1. The summed E-state index contributed by atoms with van der Waals surface area (Å²) < 4.78 is 0. The highest BCUT2D eigenvalue weighted by atomic mass is 35.5. The van der Waals surface area contributed by atoms with Crippen molar-refractivity contribution in [2.75, 3.05) is 13.1 Å². The van der Waals surface area contributed by atoms with Gasteiger partial charge in [-0.2, -0.15) is 5.10 Å². The predicted molar refractivity (Wildman–Crippen MR) is 73.0 cm³/mol. The summed E-state index contributed by atoms with van der Waals surface area (Å²) >= 11 is 0. The molecule has 1 aromatic rings. The third-order valence-electron chi connectivity index (χ3n) is 2.80. The quantitative estimate of drug-likeness (QED) is 0.759. The van der Waals surface area contributed by atoms with Crippen molar-refractivity contribution >= 4 is 18.3 Å². The number of hydrogen-bond donors (Lipinski definition) is 3. The normalized spacial score (nSPS) is 14.6. The molecule has 6 heteroatoms. The summed E-state index contributed by atoms with van der Waals surface area (Å²) in [5.41, 5.74) is 2.73. The minimum absolute atomic E-state index is 0. The average Bonchev–Trinajstić information content (AvgIpc) is 2.68. The minimum atomic E-state index is -0.0823. The molecular weight excluding hydrogens is 252 g/mol. The maximum absolute atomic E-state index is 12.0. The Morgan fingerprint density at radius 1 is 1.44 bits per heavy atom. The van der Waals surface area contributed by atoms with Crippen molar-refractivity contribution in [2.45, 2.75) is 33.7 Å². The van der Waals surface area contributed by atoms with Crippen LogP contribution in [0, 0.1) is 5.41 Å². The van der Waals surface area contributed by atoms with Crippen LogP contribution >= 0.6 is 12.4 Å². The fourth-order valence-corrected chi connectivity index (χ4v) is 1.84. The molecule has 1 aromatic heterocycles. The highest BCUT2D eigenvalue weighted by molar-refractivity contribution is 5.94. The topological polar surface area (TPSA) is 69.8 Å². The first-order valence-corrected chi connectivity index (χ1v) is 6.02. The van der Waals surface area contributed by atoms with Gasteiger partial charge in [-0.15, -0.1) is 12.4 Å². The summed E-state index contributed by atoms with van der Waals surface area (Å²) in [5, 5.41) is 13.3. The van der Waals surface area contributed by atoms with E-state index in [0.29, 0.717) is 12.2 Å². The number of H-pyrrole nitrogens is 1. The molecule has 0 saturated carbocycles. The molecule has 3 N–H and O–H groups in total. The van der Waals surface area contributed by atoms with Crippen LogP contribution in [0.2, 0.25) is 0 Å². The second-order valence-corrected chi connectivity index (χ2v) is 5.70. The number of carbonyl (C=O) groups excluding carboxylic acids is 1. The van der Waals surface area contributed by atoms with Crippen LogP contribution < -0.4 is 10.6 Å². The van der Waals surface area contributed by atoms with Gasteiger partial charge in [-0.25, -0.2) is 0 Å². The summed E-state index contributed by atoms with van der Waals surface area (Å²) in [7, 11) is 0. The summed E-state index contributed by atoms with van der Waals surface area (Å²) in [5.74, 6) is -0.0823. The standard InChI is InChI=1S/C12H20N4O.ClH/c1-12(2,3)7-14-11(17)10-8-6-13-5-4-9(8)15-16-10;/h13H,4-7H2,1-3H3,(H,14,17)(H,15,16);1H. The van der Waals surface area contributed by atoms with E-state index in [9.17, 15) is 4.79 Å². The number of fused-ring (bicyclic) bond motifs is 1. The van der Waals surface area contributed by atoms with Crippen molar-refractivity contribution < 1.29 is 4.79 Å². The minimum Gasteiger partial charge on any atom is -0.350 e. The molecule has 18 heavy (non-hydrogen) atoms. The third-order valence-corrected chi connectivity index (χ3v) is 2.80. The smallest absolute Gasteiger partial charge is 0.272 e. The first-order valence-electron chi connectivity index (χ1n) is 6.02. The molecule has 1 aliphatic rings. The molecule has 0 saturated heterocycles. The van der Waals surface area contributed by atoms with Gasteiger partial charge in [0, 0.05) is 37.3 Å². The van der Waals surface area contributed by atoms with Gasteiger partial charge in [0.05, 0.1) is 0 Å². The van der Waals surface area contributed by atoms with Gasteiger partial charge in [0.15, 0.2) is 5.69 Å². The molecule has 1 amide bonds. The molecule has 0 atom stereocenters. The monoisotopic (exact) mass is 272 g/mol. The van der Waals surface area contributed by atoms with E-state index in [0.717, 1.165) is 30.8 Å². The zero-order chi connectivity index (χ0) is 12.5. The van der Waals surface area contributed by atoms with Crippen LogP contribution in [0.15, 0.2) is 0 Å². The van der Waals surface area contributed by atoms with E-state index < -0.39 is 0 Å². The van der Waals surface area contributed by atoms with Gasteiger partial charge in [-0.1, -0.05) is 20.8 Å². The Bertz CT molecular complexity index is 422. The van der Waals surface area contributed by atoms with Gasteiger partial charge in [-0.3, -0.25) is 9.89 Å². The summed E-state index contributed by atoms with van der Waals surface area (Å²) in [6.45, 7) is 8.60. The van der Waals surface area contributed by atoms with Crippen LogP contribution in [0.4, 0.5) is 0 Å². The number of amides is 1. The van der Waals surface area contributed by atoms with Crippen molar-refractivity contribution in [3.63, 3.8) is 0 Å². The molecule has 5 nitrogen and oxygen atoms in total. The van der Waals surface area contributed by atoms with Crippen LogP contribution in [-0.2, 0) is 13.0 Å². The average molecular weight is 273 g/mol. The Labute approximate surface area is 114 Å². The second kappa shape index (κ2) is 5.71. The molecule has 0 aliphatic carbocycles. The van der Waals surface area contributed by atoms with Gasteiger partial charge in [0.2, 0.25) is 0 Å². The van der Waals surface area contributed by atoms with Gasteiger partial charge in [0.25, 0.3) is 5.91 Å². The molecule has 0 aromatic carbocycles. The van der Waals surface area contributed by atoms with Crippen molar-refractivity contribution in [1.29, 1.82) is 0 Å². The molecule has 0 spiro atoms. The SMILES string of the molecule is CC(C)(C)CNC(=O)c1n[nH]c2c1CNCC2.Cl. The van der Waals surface area contributed by atoms with Gasteiger partial charge in [-0.05, 0) is 5.41 Å². The Morgan fingerprint density at radius 2 is 2.17 bits per heavy atom. The van der Waals surface area contributed by atoms with Crippen LogP contribution in [0.1, 0.15) is 42.5 Å². The lowest BCUT2D eigenvalue weighted by Crippen LogP contribution is -2.34. The van der Waals surface area contributed by atoms with Crippen LogP contribution in [0.5, 0.6) is 0 Å². The van der Waals surface area contributed by atoms with Gasteiger partial charge < -0.3 is 10.6 Å². The number of nitrogens with one attached hydrogen (secondary N) is 3. The summed E-state index contributed by atoms with van der Waals surface area (Å²) in [4.78, 5) is 12.0. The first-order chi connectivity index (χ1) is 7.97. The lowest BCUT2D eigenvalue weighted by atomic mass is 9.97. The fourth-order valence-electron chi connectivity index (χ4n) is 1.84. The van der Waals surface area contributed by atoms with E-state index in [1.807, 2.05) is 0 Å². The number of carbonyl (C=O) groups is 1. The molecule has 0 fully saturated rings. The number of aromatic amines is 1. The lowest BCUT2D eigenvalue weighted by molar-refractivity contribution is 0.0933. The zero-order valence-electron chi connectivity index (χ0n) is 11.1. The Morgan fingerprint density at radius 3 is 2.83 bits per heavy atom. The maximum Gasteiger partial charge on any atom is 0.272 e. The zero-order valence-corrected chi connectivity index (χ0v) is 11.9. The summed E-state index contributed by atoms with van der Waals surface area (Å²) in [6, 6.07) is 0. The van der Waals surface area contributed by atoms with Gasteiger partial charge in [0.1, 0.15) is 0 Å². The maximum atomic E-state index is 12.0. The van der Waals surface area contributed by atoms with E-state index in [1.165, 1.54) is 0 Å². The first kappa shape index (κ1) is 15.0. The van der Waals surface area contributed by atoms with E-state index in [1.54, 1.807) is 0 Å². The van der Waals surface area contributed by atoms with Crippen molar-refractivity contribution in [3.05, 3.63) is 17.0 Å². The highest BCUT2D eigenvalue weighted by Gasteiger charge is 2.22. The highest BCUT2D eigenvalue weighted by Crippen LogP contribution is 2.16. The largest absolute Gasteiger partial charge is 0.350 e. The molecular formula is C12H21ClN4O. The molecule has 0 radical (unpaired) electrons. The van der Waals surface area contributed by atoms with E-state index in [4.69, 9.17) is 0 Å². The number of rotatable bonds is 2. The van der Waals surface area contributed by atoms with E-state index >= 15 is 0 Å². The van der Waals surface area contributed by atoms with Crippen molar-refractivity contribution in [2.24, 2.45) is 5.41 Å². The number of halogens is 1. The molecule has 0 unspecified atom stereocenters. The molecule has 102 valence electrons. The third kappa shape index (κ3) is 3.46. The molecule has 0 bridgehead atoms. The van der Waals surface area contributed by atoms with E-state index in [2.05, 4.69) is 41.6 Å². The fraction of sp³-hybridized carbons (Fsp3) is 0.667. The molecule has 1 aliphatic heterocycles. The lowest BCUT2D eigenvalue weighted by Gasteiger charge is -2.19. The Hall–Kier alpha value is -1.07. The van der Waals surface area contributed by atoms with Crippen LogP contribution in [-0.4, -0.2) is 29.2 Å². The van der Waals surface area contributed by atoms with E-state index in [-0.39, 0.29) is 23.7 Å². The van der Waals surface area contributed by atoms with Crippen molar-refractivity contribution in [1.82, 2.24) is 20.8 Å². The molecule has 2 rings (SSSR count). The summed E-state index contributed by atoms with van der Waals surface area (Å²) in [6.07, 6.45) is 0.912. The predicted octanol–water partition coefficient (Wildman–Crippen LogP) is 1.25. The van der Waals surface area contributed by atoms with Crippen LogP contribution in [0.25, 0.3) is 0 Å². The van der Waals surface area contributed by atoms with Crippen LogP contribution in [0.3, 0.4) is 0 Å². The molecule has 2 heterocycles. The van der Waals surface area contributed by atoms with Gasteiger partial charge >= 0.3 is 0 Å².